The average Bonchev–Trinajstić information content (AvgIpc) is 3.42. The second kappa shape index (κ2) is 9.37. The molecular formula is C23H18ClN3O4S2. The summed E-state index contributed by atoms with van der Waals surface area (Å²) in [6.45, 7) is 0.337. The van der Waals surface area contributed by atoms with Gasteiger partial charge in [-0.1, -0.05) is 28.9 Å². The molecule has 1 amide bonds. The van der Waals surface area contributed by atoms with E-state index in [0.717, 1.165) is 10.2 Å². The fourth-order valence-corrected chi connectivity index (χ4v) is 5.63. The van der Waals surface area contributed by atoms with E-state index in [0.29, 0.717) is 15.6 Å². The Hall–Kier alpha value is -3.16. The minimum Gasteiger partial charge on any atom is -0.468 e. The van der Waals surface area contributed by atoms with E-state index in [4.69, 9.17) is 22.4 Å². The van der Waals surface area contributed by atoms with Crippen molar-refractivity contribution in [3.63, 3.8) is 0 Å². The summed E-state index contributed by atoms with van der Waals surface area (Å²) in [5.74, 6) is 2.58. The van der Waals surface area contributed by atoms with Crippen LogP contribution in [-0.2, 0) is 23.1 Å². The van der Waals surface area contributed by atoms with Gasteiger partial charge >= 0.3 is 0 Å². The van der Waals surface area contributed by atoms with Gasteiger partial charge < -0.3 is 8.98 Å². The number of halogens is 1. The van der Waals surface area contributed by atoms with Crippen molar-refractivity contribution in [1.82, 2.24) is 8.87 Å². The smallest absolute Gasteiger partial charge is 0.279 e. The first-order chi connectivity index (χ1) is 15.8. The molecule has 33 heavy (non-hydrogen) atoms. The van der Waals surface area contributed by atoms with E-state index in [2.05, 4.69) is 10.9 Å². The van der Waals surface area contributed by atoms with Gasteiger partial charge in [-0.3, -0.25) is 4.79 Å². The first-order valence-corrected chi connectivity index (χ1v) is 12.3. The Labute approximate surface area is 199 Å². The van der Waals surface area contributed by atoms with Gasteiger partial charge in [0.1, 0.15) is 5.76 Å². The summed E-state index contributed by atoms with van der Waals surface area (Å²) < 4.78 is 34.6. The fourth-order valence-electron chi connectivity index (χ4n) is 3.18. The van der Waals surface area contributed by atoms with Crippen LogP contribution >= 0.6 is 22.9 Å². The number of carbonyl (C=O) groups excluding carboxylic acids is 1. The van der Waals surface area contributed by atoms with Crippen LogP contribution in [0.4, 0.5) is 0 Å². The molecule has 2 aromatic heterocycles. The monoisotopic (exact) mass is 499 g/mol. The van der Waals surface area contributed by atoms with Crippen LogP contribution in [0.25, 0.3) is 10.2 Å². The third-order valence-electron chi connectivity index (χ3n) is 4.86. The van der Waals surface area contributed by atoms with Crippen LogP contribution in [0.15, 0.2) is 75.2 Å². The highest BCUT2D eigenvalue weighted by Gasteiger charge is 2.22. The van der Waals surface area contributed by atoms with Crippen LogP contribution in [0.3, 0.4) is 0 Å². The van der Waals surface area contributed by atoms with Crippen molar-refractivity contribution in [2.75, 3.05) is 7.05 Å². The SMILES string of the molecule is C#CCn1c(=NC(=O)c2ccc(S(=O)(=O)N(C)Cc3ccco3)cc2)sc2cc(Cl)ccc21. The number of sulfonamides is 1. The normalized spacial score (nSPS) is 12.4. The standard InChI is InChI=1S/C23H18ClN3O4S2/c1-3-12-27-20-11-8-17(24)14-21(20)32-23(27)25-22(28)16-6-9-19(10-7-16)33(29,30)26(2)15-18-5-4-13-31-18/h1,4-11,13-14H,12,15H2,2H3. The van der Waals surface area contributed by atoms with E-state index in [-0.39, 0.29) is 23.5 Å². The van der Waals surface area contributed by atoms with E-state index in [1.807, 2.05) is 6.07 Å². The number of rotatable bonds is 6. The highest BCUT2D eigenvalue weighted by atomic mass is 35.5. The summed E-state index contributed by atoms with van der Waals surface area (Å²) in [4.78, 5) is 17.5. The molecule has 2 aromatic carbocycles. The zero-order valence-electron chi connectivity index (χ0n) is 17.4. The lowest BCUT2D eigenvalue weighted by Crippen LogP contribution is -2.26. The van der Waals surface area contributed by atoms with Gasteiger partial charge in [0.15, 0.2) is 4.80 Å². The number of carbonyl (C=O) groups is 1. The van der Waals surface area contributed by atoms with Crippen molar-refractivity contribution in [2.45, 2.75) is 18.0 Å². The number of terminal acetylenes is 1. The topological polar surface area (TPSA) is 84.9 Å². The summed E-state index contributed by atoms with van der Waals surface area (Å²) in [5, 5.41) is 0.572. The number of amides is 1. The molecular weight excluding hydrogens is 482 g/mol. The number of nitrogens with zero attached hydrogens (tertiary/aromatic N) is 3. The highest BCUT2D eigenvalue weighted by molar-refractivity contribution is 7.89. The van der Waals surface area contributed by atoms with Gasteiger partial charge in [-0.15, -0.1) is 6.42 Å². The molecule has 0 N–H and O–H groups in total. The molecule has 0 fully saturated rings. The lowest BCUT2D eigenvalue weighted by Gasteiger charge is -2.16. The van der Waals surface area contributed by atoms with Crippen LogP contribution in [0, 0.1) is 12.3 Å². The van der Waals surface area contributed by atoms with Crippen LogP contribution < -0.4 is 4.80 Å². The van der Waals surface area contributed by atoms with Crippen molar-refractivity contribution in [1.29, 1.82) is 0 Å². The molecule has 0 aliphatic heterocycles. The van der Waals surface area contributed by atoms with E-state index < -0.39 is 15.9 Å². The Balaban J connectivity index is 1.62. The third kappa shape index (κ3) is 4.79. The average molecular weight is 500 g/mol. The van der Waals surface area contributed by atoms with Crippen molar-refractivity contribution in [3.8, 4) is 12.3 Å². The van der Waals surface area contributed by atoms with Gasteiger partial charge in [0.25, 0.3) is 5.91 Å². The quantitative estimate of drug-likeness (QED) is 0.373. The minimum absolute atomic E-state index is 0.0620. The molecule has 0 radical (unpaired) electrons. The molecule has 0 atom stereocenters. The van der Waals surface area contributed by atoms with Crippen LogP contribution in [0.1, 0.15) is 16.1 Å². The van der Waals surface area contributed by atoms with Crippen LogP contribution in [0.5, 0.6) is 0 Å². The predicted molar refractivity (Wildman–Crippen MR) is 127 cm³/mol. The van der Waals surface area contributed by atoms with Gasteiger partial charge in [-0.25, -0.2) is 8.42 Å². The Bertz CT molecular complexity index is 1530. The lowest BCUT2D eigenvalue weighted by atomic mass is 10.2. The summed E-state index contributed by atoms with van der Waals surface area (Å²) in [6, 6.07) is 14.4. The molecule has 168 valence electrons. The molecule has 0 bridgehead atoms. The van der Waals surface area contributed by atoms with E-state index in [9.17, 15) is 13.2 Å². The van der Waals surface area contributed by atoms with Gasteiger partial charge in [0, 0.05) is 17.6 Å². The summed E-state index contributed by atoms with van der Waals surface area (Å²) >= 11 is 7.37. The Kier molecular flexibility index (Phi) is 6.54. The summed E-state index contributed by atoms with van der Waals surface area (Å²) in [7, 11) is -2.29. The number of hydrogen-bond donors (Lipinski definition) is 0. The number of aromatic nitrogens is 1. The van der Waals surface area contributed by atoms with Crippen LogP contribution in [0.2, 0.25) is 5.02 Å². The molecule has 10 heteroatoms. The largest absolute Gasteiger partial charge is 0.468 e. The molecule has 0 aliphatic carbocycles. The Morgan fingerprint density at radius 2 is 2.00 bits per heavy atom. The lowest BCUT2D eigenvalue weighted by molar-refractivity contribution is 0.0998. The molecule has 0 aliphatic rings. The molecule has 0 spiro atoms. The first-order valence-electron chi connectivity index (χ1n) is 9.70. The summed E-state index contributed by atoms with van der Waals surface area (Å²) in [5.41, 5.74) is 1.08. The number of thiazole rings is 1. The molecule has 0 saturated heterocycles. The van der Waals surface area contributed by atoms with Crippen molar-refractivity contribution in [3.05, 3.63) is 82.0 Å². The Morgan fingerprint density at radius 1 is 1.24 bits per heavy atom. The van der Waals surface area contributed by atoms with Gasteiger partial charge in [0.2, 0.25) is 10.0 Å². The zero-order chi connectivity index (χ0) is 23.6. The molecule has 4 aromatic rings. The second-order valence-corrected chi connectivity index (χ2v) is 10.6. The molecule has 0 unspecified atom stereocenters. The Morgan fingerprint density at radius 3 is 2.67 bits per heavy atom. The van der Waals surface area contributed by atoms with E-state index in [1.54, 1.807) is 28.8 Å². The minimum atomic E-state index is -3.76. The maximum absolute atomic E-state index is 12.8. The number of furan rings is 1. The second-order valence-electron chi connectivity index (χ2n) is 7.07. The van der Waals surface area contributed by atoms with E-state index in [1.165, 1.54) is 53.2 Å². The molecule has 2 heterocycles. The fraction of sp³-hybridized carbons (Fsp3) is 0.130. The van der Waals surface area contributed by atoms with Crippen molar-refractivity contribution < 1.29 is 17.6 Å². The number of benzene rings is 2. The first kappa shape index (κ1) is 23.0. The van der Waals surface area contributed by atoms with Gasteiger partial charge in [-0.2, -0.15) is 9.30 Å². The van der Waals surface area contributed by atoms with E-state index >= 15 is 0 Å². The van der Waals surface area contributed by atoms with Crippen LogP contribution in [-0.4, -0.2) is 30.2 Å². The maximum Gasteiger partial charge on any atom is 0.279 e. The van der Waals surface area contributed by atoms with Gasteiger partial charge in [0.05, 0.1) is 34.5 Å². The number of hydrogen-bond acceptors (Lipinski definition) is 5. The number of fused-ring (bicyclic) bond motifs is 1. The van der Waals surface area contributed by atoms with Crippen molar-refractivity contribution in [2.24, 2.45) is 4.99 Å². The maximum atomic E-state index is 12.8. The third-order valence-corrected chi connectivity index (χ3v) is 7.95. The summed E-state index contributed by atoms with van der Waals surface area (Å²) in [6.07, 6.45) is 6.97. The molecule has 7 nitrogen and oxygen atoms in total. The highest BCUT2D eigenvalue weighted by Crippen LogP contribution is 2.22. The van der Waals surface area contributed by atoms with Crippen molar-refractivity contribution >= 4 is 49.1 Å². The van der Waals surface area contributed by atoms with Gasteiger partial charge in [-0.05, 0) is 54.6 Å². The predicted octanol–water partition coefficient (Wildman–Crippen LogP) is 4.14. The molecule has 4 rings (SSSR count). The zero-order valence-corrected chi connectivity index (χ0v) is 19.8. The molecule has 0 saturated carbocycles.